The second-order valence-electron chi connectivity index (χ2n) is 6.26. The van der Waals surface area contributed by atoms with Gasteiger partial charge in [-0.05, 0) is 49.3 Å². The van der Waals surface area contributed by atoms with Gasteiger partial charge in [0.25, 0.3) is 0 Å². The quantitative estimate of drug-likeness (QED) is 0.929. The first-order valence-corrected chi connectivity index (χ1v) is 8.89. The third-order valence-electron chi connectivity index (χ3n) is 4.65. The Morgan fingerprint density at radius 3 is 2.55 bits per heavy atom. The summed E-state index contributed by atoms with van der Waals surface area (Å²) in [5, 5.41) is 0. The maximum absolute atomic E-state index is 12.6. The predicted molar refractivity (Wildman–Crippen MR) is 82.2 cm³/mol. The molecule has 112 valence electrons. The van der Waals surface area contributed by atoms with Crippen molar-refractivity contribution in [2.75, 3.05) is 0 Å². The lowest BCUT2D eigenvalue weighted by Crippen LogP contribution is -2.43. The Bertz CT molecular complexity index is 580. The van der Waals surface area contributed by atoms with Crippen LogP contribution in [0, 0.1) is 25.7 Å². The van der Waals surface area contributed by atoms with Gasteiger partial charge in [0, 0.05) is 6.04 Å². The highest BCUT2D eigenvalue weighted by molar-refractivity contribution is 7.89. The molecule has 0 radical (unpaired) electrons. The molecule has 1 aromatic carbocycles. The van der Waals surface area contributed by atoms with Crippen LogP contribution in [0.5, 0.6) is 0 Å². The Morgan fingerprint density at radius 1 is 1.15 bits per heavy atom. The topological polar surface area (TPSA) is 46.2 Å². The van der Waals surface area contributed by atoms with Gasteiger partial charge in [-0.25, -0.2) is 13.1 Å². The van der Waals surface area contributed by atoms with Crippen molar-refractivity contribution in [1.82, 2.24) is 4.72 Å². The molecule has 2 rings (SSSR count). The first kappa shape index (κ1) is 15.5. The first-order valence-electron chi connectivity index (χ1n) is 7.41. The van der Waals surface area contributed by atoms with E-state index in [1.807, 2.05) is 26.0 Å². The SMILES string of the molecule is Cc1ccc(C)c(S(=O)(=O)NC2CCCC(C)C2C)c1. The van der Waals surface area contributed by atoms with Crippen molar-refractivity contribution in [3.8, 4) is 0 Å². The minimum Gasteiger partial charge on any atom is -0.208 e. The van der Waals surface area contributed by atoms with Crippen LogP contribution in [0.15, 0.2) is 23.1 Å². The van der Waals surface area contributed by atoms with Crippen LogP contribution < -0.4 is 4.72 Å². The fraction of sp³-hybridized carbons (Fsp3) is 0.625. The van der Waals surface area contributed by atoms with Crippen LogP contribution in [0.1, 0.15) is 44.2 Å². The maximum atomic E-state index is 12.6. The second-order valence-corrected chi connectivity index (χ2v) is 7.95. The fourth-order valence-electron chi connectivity index (χ4n) is 3.01. The monoisotopic (exact) mass is 295 g/mol. The van der Waals surface area contributed by atoms with E-state index in [-0.39, 0.29) is 6.04 Å². The van der Waals surface area contributed by atoms with Crippen LogP contribution in [-0.2, 0) is 10.0 Å². The number of hydrogen-bond donors (Lipinski definition) is 1. The van der Waals surface area contributed by atoms with Crippen molar-refractivity contribution >= 4 is 10.0 Å². The zero-order valence-electron chi connectivity index (χ0n) is 12.8. The summed E-state index contributed by atoms with van der Waals surface area (Å²) in [5.74, 6) is 0.971. The zero-order chi connectivity index (χ0) is 14.9. The molecule has 1 fully saturated rings. The predicted octanol–water partition coefficient (Wildman–Crippen LogP) is 3.41. The molecular formula is C16H25NO2S. The Morgan fingerprint density at radius 2 is 1.85 bits per heavy atom. The van der Waals surface area contributed by atoms with E-state index >= 15 is 0 Å². The summed E-state index contributed by atoms with van der Waals surface area (Å²) in [6.45, 7) is 8.13. The number of benzene rings is 1. The van der Waals surface area contributed by atoms with Gasteiger partial charge in [-0.15, -0.1) is 0 Å². The van der Waals surface area contributed by atoms with Gasteiger partial charge >= 0.3 is 0 Å². The standard InChI is InChI=1S/C16H25NO2S/c1-11-8-9-13(3)16(10-11)20(18,19)17-15-7-5-6-12(2)14(15)4/h8-10,12,14-15,17H,5-7H2,1-4H3. The molecule has 1 aromatic rings. The third kappa shape index (κ3) is 3.23. The van der Waals surface area contributed by atoms with Crippen LogP contribution in [0.4, 0.5) is 0 Å². The van der Waals surface area contributed by atoms with E-state index in [0.717, 1.165) is 24.0 Å². The summed E-state index contributed by atoms with van der Waals surface area (Å²) < 4.78 is 28.2. The average Bonchev–Trinajstić information content (AvgIpc) is 2.37. The van der Waals surface area contributed by atoms with Crippen molar-refractivity contribution in [2.24, 2.45) is 11.8 Å². The van der Waals surface area contributed by atoms with Gasteiger partial charge in [0.2, 0.25) is 10.0 Å². The van der Waals surface area contributed by atoms with Crippen molar-refractivity contribution in [3.05, 3.63) is 29.3 Å². The van der Waals surface area contributed by atoms with Crippen molar-refractivity contribution < 1.29 is 8.42 Å². The van der Waals surface area contributed by atoms with E-state index in [1.54, 1.807) is 6.07 Å². The Balaban J connectivity index is 2.25. The Labute approximate surface area is 122 Å². The molecule has 0 aliphatic heterocycles. The molecule has 1 saturated carbocycles. The second kappa shape index (κ2) is 5.86. The lowest BCUT2D eigenvalue weighted by Gasteiger charge is -2.34. The molecule has 4 heteroatoms. The molecule has 20 heavy (non-hydrogen) atoms. The summed E-state index contributed by atoms with van der Waals surface area (Å²) in [4.78, 5) is 0.419. The van der Waals surface area contributed by atoms with Crippen LogP contribution in [0.2, 0.25) is 0 Å². The van der Waals surface area contributed by atoms with Gasteiger partial charge in [0.15, 0.2) is 0 Å². The molecule has 1 N–H and O–H groups in total. The van der Waals surface area contributed by atoms with E-state index in [2.05, 4.69) is 18.6 Å². The highest BCUT2D eigenvalue weighted by Gasteiger charge is 2.31. The molecule has 0 heterocycles. The van der Waals surface area contributed by atoms with E-state index in [1.165, 1.54) is 6.42 Å². The largest absolute Gasteiger partial charge is 0.241 e. The smallest absolute Gasteiger partial charge is 0.208 e. The van der Waals surface area contributed by atoms with Gasteiger partial charge in [-0.3, -0.25) is 0 Å². The van der Waals surface area contributed by atoms with Gasteiger partial charge < -0.3 is 0 Å². The third-order valence-corrected chi connectivity index (χ3v) is 6.28. The number of aryl methyl sites for hydroxylation is 2. The summed E-state index contributed by atoms with van der Waals surface area (Å²) in [6, 6.07) is 5.63. The molecule has 0 amide bonds. The molecule has 0 spiro atoms. The molecule has 1 aliphatic rings. The normalized spacial score (nSPS) is 27.5. The number of rotatable bonds is 3. The summed E-state index contributed by atoms with van der Waals surface area (Å²) >= 11 is 0. The summed E-state index contributed by atoms with van der Waals surface area (Å²) in [7, 11) is -3.42. The lowest BCUT2D eigenvalue weighted by molar-refractivity contribution is 0.227. The maximum Gasteiger partial charge on any atom is 0.241 e. The Hall–Kier alpha value is -0.870. The van der Waals surface area contributed by atoms with E-state index in [0.29, 0.717) is 16.7 Å². The highest BCUT2D eigenvalue weighted by Crippen LogP contribution is 2.30. The number of sulfonamides is 1. The fourth-order valence-corrected chi connectivity index (χ4v) is 4.70. The minimum atomic E-state index is -3.42. The number of nitrogens with one attached hydrogen (secondary N) is 1. The first-order chi connectivity index (χ1) is 9.31. The highest BCUT2D eigenvalue weighted by atomic mass is 32.2. The van der Waals surface area contributed by atoms with Crippen LogP contribution in [0.25, 0.3) is 0 Å². The van der Waals surface area contributed by atoms with E-state index < -0.39 is 10.0 Å². The van der Waals surface area contributed by atoms with Gasteiger partial charge in [-0.2, -0.15) is 0 Å². The molecule has 3 atom stereocenters. The van der Waals surface area contributed by atoms with Crippen molar-refractivity contribution in [2.45, 2.75) is 57.9 Å². The van der Waals surface area contributed by atoms with Gasteiger partial charge in [0.05, 0.1) is 4.90 Å². The molecule has 0 saturated heterocycles. The number of hydrogen-bond acceptors (Lipinski definition) is 2. The van der Waals surface area contributed by atoms with Gasteiger partial charge in [0.1, 0.15) is 0 Å². The molecular weight excluding hydrogens is 270 g/mol. The molecule has 1 aliphatic carbocycles. The summed E-state index contributed by atoms with van der Waals surface area (Å²) in [5.41, 5.74) is 1.78. The molecule has 0 bridgehead atoms. The molecule has 3 nitrogen and oxygen atoms in total. The van der Waals surface area contributed by atoms with Crippen LogP contribution >= 0.6 is 0 Å². The zero-order valence-corrected chi connectivity index (χ0v) is 13.6. The molecule has 3 unspecified atom stereocenters. The lowest BCUT2D eigenvalue weighted by atomic mass is 9.78. The average molecular weight is 295 g/mol. The minimum absolute atomic E-state index is 0.0589. The van der Waals surface area contributed by atoms with E-state index in [4.69, 9.17) is 0 Å². The Kier molecular flexibility index (Phi) is 4.55. The van der Waals surface area contributed by atoms with Crippen LogP contribution in [-0.4, -0.2) is 14.5 Å². The van der Waals surface area contributed by atoms with Gasteiger partial charge in [-0.1, -0.05) is 38.8 Å². The molecule has 0 aromatic heterocycles. The van der Waals surface area contributed by atoms with Crippen molar-refractivity contribution in [1.29, 1.82) is 0 Å². The van der Waals surface area contributed by atoms with Crippen LogP contribution in [0.3, 0.4) is 0 Å². The van der Waals surface area contributed by atoms with Crippen molar-refractivity contribution in [3.63, 3.8) is 0 Å². The summed E-state index contributed by atoms with van der Waals surface area (Å²) in [6.07, 6.45) is 3.24. The van der Waals surface area contributed by atoms with E-state index in [9.17, 15) is 8.42 Å².